The number of carbonyl (C=O) groups excluding carboxylic acids is 3. The lowest BCUT2D eigenvalue weighted by molar-refractivity contribution is -0.384. The summed E-state index contributed by atoms with van der Waals surface area (Å²) in [6.07, 6.45) is -0.838. The number of ether oxygens (including phenoxy) is 3. The highest BCUT2D eigenvalue weighted by atomic mass is 16.6. The van der Waals surface area contributed by atoms with Crippen molar-refractivity contribution in [2.45, 2.75) is 19.4 Å². The normalized spacial score (nSPS) is 14.8. The number of hydrogen-bond acceptors (Lipinski definition) is 8. The van der Waals surface area contributed by atoms with Gasteiger partial charge in [0.05, 0.1) is 30.2 Å². The van der Waals surface area contributed by atoms with Crippen molar-refractivity contribution >= 4 is 34.8 Å². The highest BCUT2D eigenvalue weighted by Gasteiger charge is 2.31. The SMILES string of the molecule is COc1ccc(NC(=O)COC(=O)CCN2C(=O)C(C)Oc3ccccc32)c([N+](=O)[O-])c1. The van der Waals surface area contributed by atoms with E-state index in [-0.39, 0.29) is 36.0 Å². The van der Waals surface area contributed by atoms with Crippen LogP contribution in [0.5, 0.6) is 11.5 Å². The molecule has 1 atom stereocenters. The molecule has 1 heterocycles. The Morgan fingerprint density at radius 1 is 1.25 bits per heavy atom. The van der Waals surface area contributed by atoms with Gasteiger partial charge in [0.15, 0.2) is 12.7 Å². The smallest absolute Gasteiger partial charge is 0.308 e. The topological polar surface area (TPSA) is 137 Å². The van der Waals surface area contributed by atoms with E-state index in [0.717, 1.165) is 0 Å². The van der Waals surface area contributed by atoms with Gasteiger partial charge in [0.2, 0.25) is 0 Å². The minimum absolute atomic E-state index is 0.0496. The Labute approximate surface area is 183 Å². The highest BCUT2D eigenvalue weighted by molar-refractivity contribution is 6.00. The van der Waals surface area contributed by atoms with Crippen molar-refractivity contribution in [2.75, 3.05) is 30.5 Å². The molecular weight excluding hydrogens is 422 g/mol. The molecule has 0 fully saturated rings. The van der Waals surface area contributed by atoms with Gasteiger partial charge in [0.1, 0.15) is 17.2 Å². The van der Waals surface area contributed by atoms with E-state index < -0.39 is 29.5 Å². The Kier molecular flexibility index (Phi) is 6.88. The summed E-state index contributed by atoms with van der Waals surface area (Å²) in [6, 6.07) is 10.9. The molecule has 0 bridgehead atoms. The zero-order valence-electron chi connectivity index (χ0n) is 17.4. The molecule has 0 saturated heterocycles. The van der Waals surface area contributed by atoms with Gasteiger partial charge < -0.3 is 24.4 Å². The molecule has 3 rings (SSSR count). The molecule has 2 aromatic rings. The fourth-order valence-electron chi connectivity index (χ4n) is 3.09. The Balaban J connectivity index is 1.54. The number of benzene rings is 2. The second kappa shape index (κ2) is 9.77. The molecule has 0 aliphatic carbocycles. The number of carbonyl (C=O) groups is 3. The van der Waals surface area contributed by atoms with Crippen LogP contribution in [0, 0.1) is 10.1 Å². The summed E-state index contributed by atoms with van der Waals surface area (Å²) in [7, 11) is 1.36. The number of nitrogens with zero attached hydrogens (tertiary/aromatic N) is 2. The molecule has 0 saturated carbocycles. The summed E-state index contributed by atoms with van der Waals surface area (Å²) >= 11 is 0. The van der Waals surface area contributed by atoms with Gasteiger partial charge in [-0.05, 0) is 31.2 Å². The number of para-hydroxylation sites is 2. The summed E-state index contributed by atoms with van der Waals surface area (Å²) in [5.41, 5.74) is 0.136. The third-order valence-electron chi connectivity index (χ3n) is 4.65. The van der Waals surface area contributed by atoms with Crippen LogP contribution in [0.2, 0.25) is 0 Å². The minimum Gasteiger partial charge on any atom is -0.496 e. The molecule has 1 N–H and O–H groups in total. The van der Waals surface area contributed by atoms with Crippen LogP contribution < -0.4 is 19.7 Å². The molecule has 11 heteroatoms. The van der Waals surface area contributed by atoms with Crippen molar-refractivity contribution in [3.05, 3.63) is 52.6 Å². The zero-order valence-corrected chi connectivity index (χ0v) is 17.4. The number of nitrogens with one attached hydrogen (secondary N) is 1. The van der Waals surface area contributed by atoms with Crippen molar-refractivity contribution in [2.24, 2.45) is 0 Å². The summed E-state index contributed by atoms with van der Waals surface area (Å²) in [5, 5.41) is 13.5. The molecule has 11 nitrogen and oxygen atoms in total. The van der Waals surface area contributed by atoms with Crippen LogP contribution in [-0.4, -0.2) is 49.1 Å². The number of esters is 1. The number of nitro benzene ring substituents is 1. The van der Waals surface area contributed by atoms with Crippen LogP contribution >= 0.6 is 0 Å². The first-order chi connectivity index (χ1) is 15.3. The van der Waals surface area contributed by atoms with E-state index in [2.05, 4.69) is 5.32 Å². The lowest BCUT2D eigenvalue weighted by atomic mass is 10.2. The molecule has 0 spiro atoms. The molecule has 1 aliphatic heterocycles. The van der Waals surface area contributed by atoms with Crippen LogP contribution in [0.3, 0.4) is 0 Å². The van der Waals surface area contributed by atoms with E-state index >= 15 is 0 Å². The standard InChI is InChI=1S/C21H21N3O8/c1-13-21(27)23(16-5-3-4-6-18(16)32-13)10-9-20(26)31-12-19(25)22-15-8-7-14(30-2)11-17(15)24(28)29/h3-8,11,13H,9-10,12H2,1-2H3,(H,22,25). The first kappa shape index (κ1) is 22.5. The highest BCUT2D eigenvalue weighted by Crippen LogP contribution is 2.33. The lowest BCUT2D eigenvalue weighted by Gasteiger charge is -2.32. The summed E-state index contributed by atoms with van der Waals surface area (Å²) in [5.74, 6) is -0.939. The van der Waals surface area contributed by atoms with Crippen molar-refractivity contribution in [1.29, 1.82) is 0 Å². The maximum Gasteiger partial charge on any atom is 0.308 e. The van der Waals surface area contributed by atoms with Crippen molar-refractivity contribution in [3.8, 4) is 11.5 Å². The largest absolute Gasteiger partial charge is 0.496 e. The van der Waals surface area contributed by atoms with E-state index in [1.54, 1.807) is 31.2 Å². The number of nitro groups is 1. The number of methoxy groups -OCH3 is 1. The van der Waals surface area contributed by atoms with Crippen molar-refractivity contribution < 1.29 is 33.5 Å². The molecule has 0 radical (unpaired) electrons. The fraction of sp³-hybridized carbons (Fsp3) is 0.286. The van der Waals surface area contributed by atoms with Crippen LogP contribution in [-0.2, 0) is 19.1 Å². The predicted molar refractivity (Wildman–Crippen MR) is 113 cm³/mol. The van der Waals surface area contributed by atoms with E-state index in [1.165, 1.54) is 30.2 Å². The quantitative estimate of drug-likeness (QED) is 0.373. The Hall–Kier alpha value is -4.15. The summed E-state index contributed by atoms with van der Waals surface area (Å²) in [6.45, 7) is 1.03. The molecule has 168 valence electrons. The number of anilines is 2. The summed E-state index contributed by atoms with van der Waals surface area (Å²) in [4.78, 5) is 48.6. The second-order valence-electron chi connectivity index (χ2n) is 6.82. The van der Waals surface area contributed by atoms with Crippen molar-refractivity contribution in [3.63, 3.8) is 0 Å². The summed E-state index contributed by atoms with van der Waals surface area (Å²) < 4.78 is 15.4. The third kappa shape index (κ3) is 5.12. The monoisotopic (exact) mass is 443 g/mol. The van der Waals surface area contributed by atoms with Gasteiger partial charge in [-0.1, -0.05) is 12.1 Å². The van der Waals surface area contributed by atoms with E-state index in [0.29, 0.717) is 11.4 Å². The molecule has 2 aromatic carbocycles. The van der Waals surface area contributed by atoms with Gasteiger partial charge in [0, 0.05) is 6.54 Å². The first-order valence-corrected chi connectivity index (χ1v) is 9.65. The molecule has 32 heavy (non-hydrogen) atoms. The molecular formula is C21H21N3O8. The molecule has 2 amide bonds. The van der Waals surface area contributed by atoms with Gasteiger partial charge in [-0.25, -0.2) is 0 Å². The average molecular weight is 443 g/mol. The Bertz CT molecular complexity index is 1060. The number of amides is 2. The van der Waals surface area contributed by atoms with Gasteiger partial charge in [-0.2, -0.15) is 0 Å². The van der Waals surface area contributed by atoms with E-state index in [9.17, 15) is 24.5 Å². The van der Waals surface area contributed by atoms with Crippen LogP contribution in [0.1, 0.15) is 13.3 Å². The number of fused-ring (bicyclic) bond motifs is 1. The zero-order chi connectivity index (χ0) is 23.3. The maximum absolute atomic E-state index is 12.4. The van der Waals surface area contributed by atoms with Gasteiger partial charge >= 0.3 is 5.97 Å². The lowest BCUT2D eigenvalue weighted by Crippen LogP contribution is -2.45. The first-order valence-electron chi connectivity index (χ1n) is 9.65. The maximum atomic E-state index is 12.4. The van der Waals surface area contributed by atoms with E-state index in [1.807, 2.05) is 0 Å². The molecule has 1 unspecified atom stereocenters. The second-order valence-corrected chi connectivity index (χ2v) is 6.82. The third-order valence-corrected chi connectivity index (χ3v) is 4.65. The predicted octanol–water partition coefficient (Wildman–Crippen LogP) is 2.29. The van der Waals surface area contributed by atoms with Crippen LogP contribution in [0.15, 0.2) is 42.5 Å². The van der Waals surface area contributed by atoms with E-state index in [4.69, 9.17) is 14.2 Å². The minimum atomic E-state index is -0.743. The van der Waals surface area contributed by atoms with Crippen molar-refractivity contribution in [1.82, 2.24) is 0 Å². The Morgan fingerprint density at radius 3 is 2.72 bits per heavy atom. The fourth-order valence-corrected chi connectivity index (χ4v) is 3.09. The number of rotatable bonds is 8. The molecule has 0 aromatic heterocycles. The Morgan fingerprint density at radius 2 is 2.00 bits per heavy atom. The van der Waals surface area contributed by atoms with Gasteiger partial charge in [-0.3, -0.25) is 24.5 Å². The average Bonchev–Trinajstić information content (AvgIpc) is 2.78. The van der Waals surface area contributed by atoms with Gasteiger partial charge in [-0.15, -0.1) is 0 Å². The number of hydrogen-bond donors (Lipinski definition) is 1. The molecule has 1 aliphatic rings. The van der Waals surface area contributed by atoms with Gasteiger partial charge in [0.25, 0.3) is 17.5 Å². The van der Waals surface area contributed by atoms with Crippen LogP contribution in [0.4, 0.5) is 17.1 Å². The van der Waals surface area contributed by atoms with Crippen LogP contribution in [0.25, 0.3) is 0 Å².